The van der Waals surface area contributed by atoms with Gasteiger partial charge in [0.25, 0.3) is 5.79 Å². The summed E-state index contributed by atoms with van der Waals surface area (Å²) in [6.45, 7) is 3.87. The van der Waals surface area contributed by atoms with Crippen LogP contribution in [0.25, 0.3) is 16.9 Å². The van der Waals surface area contributed by atoms with Crippen molar-refractivity contribution >= 4 is 29.2 Å². The Balaban J connectivity index is 1.32. The lowest BCUT2D eigenvalue weighted by molar-refractivity contribution is -0.194. The number of rotatable bonds is 0. The van der Waals surface area contributed by atoms with Crippen molar-refractivity contribution in [2.75, 3.05) is 18.5 Å². The van der Waals surface area contributed by atoms with Crippen molar-refractivity contribution < 1.29 is 23.8 Å². The number of anilines is 1. The fraction of sp³-hybridized carbons (Fsp3) is 0.393. The number of carbonyl (C=O) groups is 2. The van der Waals surface area contributed by atoms with Gasteiger partial charge in [0.2, 0.25) is 5.95 Å². The number of benzene rings is 1. The fourth-order valence-corrected chi connectivity index (χ4v) is 4.43. The second kappa shape index (κ2) is 11.5. The van der Waals surface area contributed by atoms with Crippen molar-refractivity contribution in [1.29, 1.82) is 0 Å². The van der Waals surface area contributed by atoms with E-state index in [-0.39, 0.29) is 6.42 Å². The van der Waals surface area contributed by atoms with E-state index < -0.39 is 17.8 Å². The Hall–Kier alpha value is -4.41. The first-order valence-corrected chi connectivity index (χ1v) is 13.1. The molecule has 0 radical (unpaired) electrons. The van der Waals surface area contributed by atoms with Gasteiger partial charge in [0.05, 0.1) is 12.8 Å². The lowest BCUT2D eigenvalue weighted by Crippen LogP contribution is -2.38. The van der Waals surface area contributed by atoms with Crippen LogP contribution >= 0.6 is 0 Å². The first-order valence-electron chi connectivity index (χ1n) is 13.1. The van der Waals surface area contributed by atoms with Gasteiger partial charge in [-0.1, -0.05) is 12.2 Å². The second-order valence-electron chi connectivity index (χ2n) is 9.93. The summed E-state index contributed by atoms with van der Waals surface area (Å²) in [5.74, 6) is -0.313. The fourth-order valence-electron chi connectivity index (χ4n) is 4.43. The number of allylic oxidation sites excluding steroid dienone is 3. The number of aromatic nitrogens is 4. The van der Waals surface area contributed by atoms with Crippen molar-refractivity contribution in [3.8, 4) is 11.4 Å². The van der Waals surface area contributed by atoms with Crippen molar-refractivity contribution in [2.24, 2.45) is 5.92 Å². The number of nitrogens with one attached hydrogen (secondary N) is 2. The number of ether oxygens (including phenoxy) is 3. The minimum atomic E-state index is -1.37. The molecule has 3 aliphatic heterocycles. The number of imidazole rings is 1. The van der Waals surface area contributed by atoms with Crippen molar-refractivity contribution in [1.82, 2.24) is 24.8 Å². The maximum absolute atomic E-state index is 12.3. The number of fused-ring (bicyclic) bond motifs is 1. The molecule has 6 bridgehead atoms. The highest BCUT2D eigenvalue weighted by Crippen LogP contribution is 2.23. The summed E-state index contributed by atoms with van der Waals surface area (Å²) >= 11 is 0. The molecule has 0 saturated carbocycles. The van der Waals surface area contributed by atoms with Crippen LogP contribution in [0.15, 0.2) is 60.7 Å². The predicted octanol–water partition coefficient (Wildman–Crippen LogP) is 4.65. The Morgan fingerprint density at radius 3 is 2.72 bits per heavy atom. The van der Waals surface area contributed by atoms with E-state index in [2.05, 4.69) is 32.8 Å². The van der Waals surface area contributed by atoms with Crippen LogP contribution in [0.1, 0.15) is 46.0 Å². The molecule has 3 aromatic rings. The molecule has 11 heteroatoms. The third-order valence-electron chi connectivity index (χ3n) is 6.36. The molecule has 5 heterocycles. The summed E-state index contributed by atoms with van der Waals surface area (Å²) < 4.78 is 18.3. The summed E-state index contributed by atoms with van der Waals surface area (Å²) in [5, 5.41) is 6.03. The SMILES string of the molecule is CC1(C)OC(=O)CCCOc2ccc(cc2)-n2cnc3cnc(nc32)NC2=CCC(C=C2)CCCNC(=O)O1. The third-order valence-corrected chi connectivity index (χ3v) is 6.36. The molecule has 204 valence electrons. The van der Waals surface area contributed by atoms with Gasteiger partial charge in [-0.2, -0.15) is 4.98 Å². The van der Waals surface area contributed by atoms with Gasteiger partial charge in [0.15, 0.2) is 5.65 Å². The van der Waals surface area contributed by atoms with Crippen LogP contribution < -0.4 is 15.4 Å². The lowest BCUT2D eigenvalue weighted by atomic mass is 9.94. The van der Waals surface area contributed by atoms with Gasteiger partial charge in [-0.15, -0.1) is 0 Å². The maximum atomic E-state index is 12.3. The number of alkyl carbamates (subject to hydrolysis) is 1. The molecule has 11 nitrogen and oxygen atoms in total. The van der Waals surface area contributed by atoms with Crippen LogP contribution in [-0.4, -0.2) is 50.5 Å². The van der Waals surface area contributed by atoms with E-state index in [1.165, 1.54) is 13.8 Å². The van der Waals surface area contributed by atoms with Crippen LogP contribution in [0, 0.1) is 5.92 Å². The van der Waals surface area contributed by atoms with E-state index in [0.717, 1.165) is 30.6 Å². The third kappa shape index (κ3) is 6.92. The zero-order valence-electron chi connectivity index (χ0n) is 22.1. The number of esters is 1. The van der Waals surface area contributed by atoms with Gasteiger partial charge in [-0.05, 0) is 61.9 Å². The molecular formula is C28H32N6O5. The molecule has 1 atom stereocenters. The molecule has 1 unspecified atom stereocenters. The lowest BCUT2D eigenvalue weighted by Gasteiger charge is -2.25. The zero-order chi connectivity index (χ0) is 27.2. The van der Waals surface area contributed by atoms with Crippen LogP contribution in [0.4, 0.5) is 10.7 Å². The quantitative estimate of drug-likeness (QED) is 0.398. The van der Waals surface area contributed by atoms with Crippen LogP contribution in [0.3, 0.4) is 0 Å². The topological polar surface area (TPSA) is 129 Å². The predicted molar refractivity (Wildman–Crippen MR) is 144 cm³/mol. The average molecular weight is 533 g/mol. The molecular weight excluding hydrogens is 500 g/mol. The summed E-state index contributed by atoms with van der Waals surface area (Å²) in [6.07, 6.45) is 12.2. The number of carbonyl (C=O) groups excluding carboxylic acids is 2. The number of hydrogen-bond acceptors (Lipinski definition) is 9. The van der Waals surface area contributed by atoms with Crippen molar-refractivity contribution in [2.45, 2.75) is 51.7 Å². The van der Waals surface area contributed by atoms with Crippen LogP contribution in [-0.2, 0) is 14.3 Å². The van der Waals surface area contributed by atoms with Crippen LogP contribution in [0.5, 0.6) is 5.75 Å². The second-order valence-corrected chi connectivity index (χ2v) is 9.93. The molecule has 2 aromatic heterocycles. The molecule has 1 aromatic carbocycles. The van der Waals surface area contributed by atoms with Crippen molar-refractivity contribution in [3.63, 3.8) is 0 Å². The summed E-state index contributed by atoms with van der Waals surface area (Å²) in [4.78, 5) is 38.0. The first-order chi connectivity index (χ1) is 18.8. The Morgan fingerprint density at radius 2 is 1.92 bits per heavy atom. The highest BCUT2D eigenvalue weighted by atomic mass is 16.7. The van der Waals surface area contributed by atoms with E-state index in [1.54, 1.807) is 12.5 Å². The smallest absolute Gasteiger partial charge is 0.410 e. The molecule has 7 rings (SSSR count). The van der Waals surface area contributed by atoms with E-state index in [1.807, 2.05) is 34.9 Å². The number of hydrogen-bond donors (Lipinski definition) is 2. The van der Waals surface area contributed by atoms with Gasteiger partial charge in [0.1, 0.15) is 17.6 Å². The maximum Gasteiger partial charge on any atom is 0.410 e. The average Bonchev–Trinajstić information content (AvgIpc) is 3.33. The monoisotopic (exact) mass is 532 g/mol. The molecule has 1 amide bonds. The highest BCUT2D eigenvalue weighted by molar-refractivity contribution is 5.74. The molecule has 39 heavy (non-hydrogen) atoms. The van der Waals surface area contributed by atoms with E-state index in [4.69, 9.17) is 19.2 Å². The highest BCUT2D eigenvalue weighted by Gasteiger charge is 2.27. The normalized spacial score (nSPS) is 20.5. The molecule has 0 fully saturated rings. The summed E-state index contributed by atoms with van der Waals surface area (Å²) in [6, 6.07) is 7.55. The van der Waals surface area contributed by atoms with Crippen molar-refractivity contribution in [3.05, 3.63) is 60.7 Å². The Kier molecular flexibility index (Phi) is 7.76. The van der Waals surface area contributed by atoms with E-state index in [9.17, 15) is 9.59 Å². The molecule has 4 aliphatic rings. The Labute approximate surface area is 226 Å². The largest absolute Gasteiger partial charge is 0.494 e. The minimum Gasteiger partial charge on any atom is -0.494 e. The minimum absolute atomic E-state index is 0.134. The summed E-state index contributed by atoms with van der Waals surface area (Å²) in [7, 11) is 0. The molecule has 1 aliphatic carbocycles. The number of nitrogens with zero attached hydrogens (tertiary/aromatic N) is 4. The molecule has 0 saturated heterocycles. The van der Waals surface area contributed by atoms with Gasteiger partial charge < -0.3 is 24.8 Å². The summed E-state index contributed by atoms with van der Waals surface area (Å²) in [5.41, 5.74) is 3.19. The van der Waals surface area contributed by atoms with Gasteiger partial charge in [0, 0.05) is 38.2 Å². The number of amides is 1. The zero-order valence-corrected chi connectivity index (χ0v) is 22.1. The van der Waals surface area contributed by atoms with E-state index in [0.29, 0.717) is 48.4 Å². The van der Waals surface area contributed by atoms with Crippen LogP contribution in [0.2, 0.25) is 0 Å². The molecule has 2 N–H and O–H groups in total. The standard InChI is InChI=1S/C28H32N6O5/c1-28(2)38-24(35)6-4-16-37-22-13-11-21(12-14-22)34-18-31-23-17-30-26(33-25(23)34)32-20-9-7-19(8-10-20)5-3-15-29-27(36)39-28/h7,9-14,17-19H,3-6,8,15-16H2,1-2H3,(H,29,36)(H,30,32,33). The van der Waals surface area contributed by atoms with E-state index >= 15 is 0 Å². The van der Waals surface area contributed by atoms with Gasteiger partial charge >= 0.3 is 12.1 Å². The van der Waals surface area contributed by atoms with Gasteiger partial charge in [-0.3, -0.25) is 9.36 Å². The first kappa shape index (κ1) is 26.2. The Morgan fingerprint density at radius 1 is 1.08 bits per heavy atom. The molecule has 0 spiro atoms. The van der Waals surface area contributed by atoms with Gasteiger partial charge in [-0.25, -0.2) is 14.8 Å². The Bertz CT molecular complexity index is 1400.